The lowest BCUT2D eigenvalue weighted by Crippen LogP contribution is -2.36. The van der Waals surface area contributed by atoms with Crippen LogP contribution in [0.15, 0.2) is 0 Å². The number of nitrogens with one attached hydrogen (secondary N) is 3. The van der Waals surface area contributed by atoms with Crippen LogP contribution in [0, 0.1) is 0 Å². The molecule has 15 heavy (non-hydrogen) atoms. The van der Waals surface area contributed by atoms with E-state index in [1.165, 1.54) is 12.8 Å². The molecule has 1 aromatic rings. The zero-order valence-corrected chi connectivity index (χ0v) is 8.53. The SMILES string of the molecule is CC(NC(=O)CNC1CC1)c1nn[nH]n1. The molecular weight excluding hydrogens is 196 g/mol. The topological polar surface area (TPSA) is 95.6 Å². The largest absolute Gasteiger partial charge is 0.345 e. The quantitative estimate of drug-likeness (QED) is 0.587. The third-order valence-corrected chi connectivity index (χ3v) is 2.26. The van der Waals surface area contributed by atoms with E-state index in [1.54, 1.807) is 0 Å². The Bertz CT molecular complexity index is 320. The highest BCUT2D eigenvalue weighted by molar-refractivity contribution is 5.78. The van der Waals surface area contributed by atoms with Gasteiger partial charge in [-0.15, -0.1) is 10.2 Å². The van der Waals surface area contributed by atoms with Gasteiger partial charge in [0.1, 0.15) is 0 Å². The molecule has 3 N–H and O–H groups in total. The Labute approximate surface area is 87.0 Å². The normalized spacial score (nSPS) is 17.4. The van der Waals surface area contributed by atoms with Gasteiger partial charge in [-0.2, -0.15) is 5.21 Å². The molecule has 2 rings (SSSR count). The Morgan fingerprint density at radius 3 is 3.07 bits per heavy atom. The van der Waals surface area contributed by atoms with Crippen LogP contribution >= 0.6 is 0 Å². The molecule has 1 saturated carbocycles. The van der Waals surface area contributed by atoms with E-state index in [1.807, 2.05) is 6.92 Å². The number of aromatic nitrogens is 4. The van der Waals surface area contributed by atoms with E-state index in [0.717, 1.165) is 0 Å². The minimum atomic E-state index is -0.211. The van der Waals surface area contributed by atoms with Crippen molar-refractivity contribution in [3.05, 3.63) is 5.82 Å². The summed E-state index contributed by atoms with van der Waals surface area (Å²) in [5.41, 5.74) is 0. The summed E-state index contributed by atoms with van der Waals surface area (Å²) in [4.78, 5) is 11.4. The first-order valence-corrected chi connectivity index (χ1v) is 5.02. The number of nitrogens with zero attached hydrogens (tertiary/aromatic N) is 3. The van der Waals surface area contributed by atoms with Crippen molar-refractivity contribution in [2.75, 3.05) is 6.54 Å². The number of hydrogen-bond acceptors (Lipinski definition) is 5. The summed E-state index contributed by atoms with van der Waals surface area (Å²) in [6.45, 7) is 2.17. The second kappa shape index (κ2) is 4.35. The van der Waals surface area contributed by atoms with Crippen molar-refractivity contribution in [3.8, 4) is 0 Å². The first-order chi connectivity index (χ1) is 7.25. The third kappa shape index (κ3) is 2.98. The van der Waals surface area contributed by atoms with Crippen molar-refractivity contribution in [1.82, 2.24) is 31.3 Å². The lowest BCUT2D eigenvalue weighted by atomic mass is 10.3. The Morgan fingerprint density at radius 2 is 2.47 bits per heavy atom. The molecule has 1 fully saturated rings. The van der Waals surface area contributed by atoms with Gasteiger partial charge in [-0.1, -0.05) is 5.21 Å². The maximum Gasteiger partial charge on any atom is 0.234 e. The molecule has 1 aliphatic carbocycles. The molecule has 82 valence electrons. The highest BCUT2D eigenvalue weighted by Gasteiger charge is 2.21. The molecule has 0 spiro atoms. The molecule has 0 radical (unpaired) electrons. The van der Waals surface area contributed by atoms with Gasteiger partial charge in [0.2, 0.25) is 5.91 Å². The van der Waals surface area contributed by atoms with Crippen molar-refractivity contribution in [2.45, 2.75) is 31.8 Å². The van der Waals surface area contributed by atoms with Crippen LogP contribution in [0.25, 0.3) is 0 Å². The van der Waals surface area contributed by atoms with Crippen LogP contribution in [0.1, 0.15) is 31.6 Å². The second-order valence-corrected chi connectivity index (χ2v) is 3.71. The molecule has 0 bridgehead atoms. The van der Waals surface area contributed by atoms with Crippen LogP contribution in [0.5, 0.6) is 0 Å². The molecule has 7 heteroatoms. The molecule has 1 atom stereocenters. The summed E-state index contributed by atoms with van der Waals surface area (Å²) in [6, 6.07) is 0.327. The summed E-state index contributed by atoms with van der Waals surface area (Å²) in [7, 11) is 0. The predicted molar refractivity (Wildman–Crippen MR) is 51.8 cm³/mol. The second-order valence-electron chi connectivity index (χ2n) is 3.71. The maximum absolute atomic E-state index is 11.4. The number of aromatic amines is 1. The summed E-state index contributed by atoms with van der Waals surface area (Å²) in [5.74, 6) is 0.453. The molecule has 7 nitrogen and oxygen atoms in total. The van der Waals surface area contributed by atoms with Gasteiger partial charge in [0.05, 0.1) is 12.6 Å². The van der Waals surface area contributed by atoms with E-state index in [9.17, 15) is 4.79 Å². The van der Waals surface area contributed by atoms with Crippen molar-refractivity contribution in [3.63, 3.8) is 0 Å². The van der Waals surface area contributed by atoms with Crippen molar-refractivity contribution in [1.29, 1.82) is 0 Å². The maximum atomic E-state index is 11.4. The lowest BCUT2D eigenvalue weighted by molar-refractivity contribution is -0.120. The summed E-state index contributed by atoms with van der Waals surface area (Å²) < 4.78 is 0. The van der Waals surface area contributed by atoms with Gasteiger partial charge < -0.3 is 10.6 Å². The minimum Gasteiger partial charge on any atom is -0.345 e. The number of hydrogen-bond donors (Lipinski definition) is 3. The zero-order valence-electron chi connectivity index (χ0n) is 8.53. The Kier molecular flexibility index (Phi) is 2.91. The van der Waals surface area contributed by atoms with Gasteiger partial charge in [-0.05, 0) is 19.8 Å². The molecule has 0 aliphatic heterocycles. The highest BCUT2D eigenvalue weighted by atomic mass is 16.2. The predicted octanol–water partition coefficient (Wildman–Crippen LogP) is -0.871. The van der Waals surface area contributed by atoms with E-state index in [4.69, 9.17) is 0 Å². The van der Waals surface area contributed by atoms with E-state index in [2.05, 4.69) is 31.3 Å². The summed E-state index contributed by atoms with van der Waals surface area (Å²) in [6.07, 6.45) is 2.35. The van der Waals surface area contributed by atoms with E-state index < -0.39 is 0 Å². The van der Waals surface area contributed by atoms with Gasteiger partial charge in [-0.3, -0.25) is 4.79 Å². The van der Waals surface area contributed by atoms with Gasteiger partial charge in [-0.25, -0.2) is 0 Å². The van der Waals surface area contributed by atoms with Crippen LogP contribution in [-0.2, 0) is 4.79 Å². The number of carbonyl (C=O) groups excluding carboxylic acids is 1. The third-order valence-electron chi connectivity index (χ3n) is 2.26. The van der Waals surface area contributed by atoms with E-state index >= 15 is 0 Å². The van der Waals surface area contributed by atoms with Crippen LogP contribution < -0.4 is 10.6 Å². The lowest BCUT2D eigenvalue weighted by Gasteiger charge is -2.09. The van der Waals surface area contributed by atoms with Crippen molar-refractivity contribution in [2.24, 2.45) is 0 Å². The highest BCUT2D eigenvalue weighted by Crippen LogP contribution is 2.17. The summed E-state index contributed by atoms with van der Waals surface area (Å²) >= 11 is 0. The molecule has 1 aliphatic rings. The van der Waals surface area contributed by atoms with Gasteiger partial charge >= 0.3 is 0 Å². The van der Waals surface area contributed by atoms with Crippen LogP contribution in [0.2, 0.25) is 0 Å². The van der Waals surface area contributed by atoms with Crippen molar-refractivity contribution >= 4 is 5.91 Å². The summed E-state index contributed by atoms with van der Waals surface area (Å²) in [5, 5.41) is 19.3. The molecule has 1 heterocycles. The Hall–Kier alpha value is -1.50. The van der Waals surface area contributed by atoms with Crippen LogP contribution in [0.3, 0.4) is 0 Å². The number of amides is 1. The molecule has 0 saturated heterocycles. The monoisotopic (exact) mass is 210 g/mol. The fourth-order valence-corrected chi connectivity index (χ4v) is 1.23. The fraction of sp³-hybridized carbons (Fsp3) is 0.750. The fourth-order valence-electron chi connectivity index (χ4n) is 1.23. The minimum absolute atomic E-state index is 0.0424. The van der Waals surface area contributed by atoms with E-state index in [-0.39, 0.29) is 11.9 Å². The van der Waals surface area contributed by atoms with Crippen LogP contribution in [-0.4, -0.2) is 39.1 Å². The molecule has 1 aromatic heterocycles. The molecule has 0 aromatic carbocycles. The average molecular weight is 210 g/mol. The molecule has 1 unspecified atom stereocenters. The number of H-pyrrole nitrogens is 1. The van der Waals surface area contributed by atoms with Gasteiger partial charge in [0, 0.05) is 6.04 Å². The van der Waals surface area contributed by atoms with Gasteiger partial charge in [0.25, 0.3) is 0 Å². The van der Waals surface area contributed by atoms with Crippen LogP contribution in [0.4, 0.5) is 0 Å². The number of carbonyl (C=O) groups is 1. The first kappa shape index (κ1) is 10.0. The molecule has 1 amide bonds. The smallest absolute Gasteiger partial charge is 0.234 e. The standard InChI is InChI=1S/C8H14N6O/c1-5(8-11-13-14-12-8)10-7(15)4-9-6-2-3-6/h5-6,9H,2-4H2,1H3,(H,10,15)(H,11,12,13,14). The number of tetrazole rings is 1. The number of rotatable bonds is 5. The van der Waals surface area contributed by atoms with Crippen molar-refractivity contribution < 1.29 is 4.79 Å². The Morgan fingerprint density at radius 1 is 1.67 bits per heavy atom. The zero-order chi connectivity index (χ0) is 10.7. The average Bonchev–Trinajstić information content (AvgIpc) is 2.87. The van der Waals surface area contributed by atoms with Gasteiger partial charge in [0.15, 0.2) is 5.82 Å². The Balaban J connectivity index is 1.72. The van der Waals surface area contributed by atoms with E-state index in [0.29, 0.717) is 18.4 Å². The first-order valence-electron chi connectivity index (χ1n) is 5.02. The molecular formula is C8H14N6O.